The fourth-order valence-electron chi connectivity index (χ4n) is 2.39. The molecule has 1 atom stereocenters. The van der Waals surface area contributed by atoms with Gasteiger partial charge in [-0.1, -0.05) is 11.2 Å². The van der Waals surface area contributed by atoms with E-state index in [9.17, 15) is 8.42 Å². The molecule has 0 radical (unpaired) electrons. The number of hydrogen-bond acceptors (Lipinski definition) is 5. The second-order valence-corrected chi connectivity index (χ2v) is 7.63. The van der Waals surface area contributed by atoms with Crippen molar-refractivity contribution >= 4 is 21.4 Å². The average molecular weight is 298 g/mol. The fourth-order valence-corrected chi connectivity index (χ4v) is 5.18. The van der Waals surface area contributed by atoms with Gasteiger partial charge in [-0.3, -0.25) is 0 Å². The Hall–Kier alpha value is -1.18. The van der Waals surface area contributed by atoms with E-state index in [0.29, 0.717) is 22.2 Å². The lowest BCUT2D eigenvalue weighted by molar-refractivity contribution is 0.350. The summed E-state index contributed by atoms with van der Waals surface area (Å²) in [6, 6.07) is 5.00. The van der Waals surface area contributed by atoms with E-state index in [2.05, 4.69) is 5.16 Å². The maximum atomic E-state index is 12.6. The maximum absolute atomic E-state index is 12.6. The van der Waals surface area contributed by atoms with Crippen molar-refractivity contribution in [1.82, 2.24) is 9.46 Å². The number of aromatic nitrogens is 1. The summed E-state index contributed by atoms with van der Waals surface area (Å²) in [4.78, 5) is 0. The molecule has 1 aliphatic heterocycles. The highest BCUT2D eigenvalue weighted by molar-refractivity contribution is 7.91. The minimum Gasteiger partial charge on any atom is -0.361 e. The first-order valence-corrected chi connectivity index (χ1v) is 8.39. The summed E-state index contributed by atoms with van der Waals surface area (Å²) in [6.07, 6.45) is 1.64. The van der Waals surface area contributed by atoms with Crippen LogP contribution in [0.3, 0.4) is 0 Å². The number of rotatable bonds is 3. The van der Waals surface area contributed by atoms with Crippen molar-refractivity contribution in [1.29, 1.82) is 0 Å². The van der Waals surface area contributed by atoms with Crippen molar-refractivity contribution in [2.24, 2.45) is 0 Å². The number of sulfonamides is 1. The third kappa shape index (κ3) is 2.22. The van der Waals surface area contributed by atoms with Crippen LogP contribution in [-0.4, -0.2) is 24.4 Å². The first-order chi connectivity index (χ1) is 9.09. The van der Waals surface area contributed by atoms with Crippen LogP contribution in [0.5, 0.6) is 0 Å². The normalized spacial score (nSPS) is 21.0. The molecule has 5 nitrogen and oxygen atoms in total. The molecule has 0 N–H and O–H groups in total. The number of aryl methyl sites for hydroxylation is 1. The topological polar surface area (TPSA) is 63.4 Å². The van der Waals surface area contributed by atoms with E-state index in [0.717, 1.165) is 12.8 Å². The Morgan fingerprint density at radius 3 is 3.00 bits per heavy atom. The molecule has 1 fully saturated rings. The fraction of sp³-hybridized carbons (Fsp3) is 0.417. The predicted molar refractivity (Wildman–Crippen MR) is 71.4 cm³/mol. The van der Waals surface area contributed by atoms with E-state index < -0.39 is 10.0 Å². The quantitative estimate of drug-likeness (QED) is 0.873. The van der Waals surface area contributed by atoms with Gasteiger partial charge in [-0.2, -0.15) is 4.31 Å². The van der Waals surface area contributed by atoms with Gasteiger partial charge in [0.1, 0.15) is 15.7 Å². The van der Waals surface area contributed by atoms with Crippen molar-refractivity contribution in [2.75, 3.05) is 6.54 Å². The number of thiophene rings is 1. The van der Waals surface area contributed by atoms with Crippen LogP contribution in [0.25, 0.3) is 0 Å². The molecule has 0 spiro atoms. The van der Waals surface area contributed by atoms with Gasteiger partial charge in [0, 0.05) is 12.6 Å². The van der Waals surface area contributed by atoms with E-state index in [-0.39, 0.29) is 6.04 Å². The van der Waals surface area contributed by atoms with Crippen molar-refractivity contribution in [2.45, 2.75) is 30.0 Å². The van der Waals surface area contributed by atoms with Gasteiger partial charge in [-0.15, -0.1) is 11.3 Å². The molecule has 102 valence electrons. The van der Waals surface area contributed by atoms with Gasteiger partial charge in [0.25, 0.3) is 10.0 Å². The first kappa shape index (κ1) is 12.8. The molecule has 1 saturated heterocycles. The van der Waals surface area contributed by atoms with E-state index in [1.807, 2.05) is 13.0 Å². The van der Waals surface area contributed by atoms with Crippen LogP contribution in [0.1, 0.15) is 30.3 Å². The summed E-state index contributed by atoms with van der Waals surface area (Å²) in [5.41, 5.74) is 0.704. The zero-order valence-electron chi connectivity index (χ0n) is 10.4. The monoisotopic (exact) mass is 298 g/mol. The second-order valence-electron chi connectivity index (χ2n) is 4.57. The molecule has 7 heteroatoms. The lowest BCUT2D eigenvalue weighted by atomic mass is 10.1. The van der Waals surface area contributed by atoms with Gasteiger partial charge in [0.15, 0.2) is 0 Å². The molecule has 0 aromatic carbocycles. The molecule has 0 saturated carbocycles. The van der Waals surface area contributed by atoms with E-state index >= 15 is 0 Å². The van der Waals surface area contributed by atoms with E-state index in [1.165, 1.54) is 15.6 Å². The molecule has 2 aromatic heterocycles. The Balaban J connectivity index is 1.96. The zero-order chi connectivity index (χ0) is 13.5. The maximum Gasteiger partial charge on any atom is 0.253 e. The molecule has 0 aliphatic carbocycles. The lowest BCUT2D eigenvalue weighted by Gasteiger charge is -2.21. The van der Waals surface area contributed by atoms with Crippen molar-refractivity contribution in [3.05, 3.63) is 35.0 Å². The van der Waals surface area contributed by atoms with Gasteiger partial charge >= 0.3 is 0 Å². The summed E-state index contributed by atoms with van der Waals surface area (Å²) in [5, 5.41) is 5.74. The first-order valence-electron chi connectivity index (χ1n) is 6.07. The van der Waals surface area contributed by atoms with Gasteiger partial charge in [0.05, 0.1) is 6.04 Å². The standard InChI is InChI=1S/C12H14N2O3S2/c1-9-8-10(13-17-9)11-4-2-6-14(11)19(15,16)12-5-3-7-18-12/h3,5,7-8,11H,2,4,6H2,1H3. The average Bonchev–Trinajstić information content (AvgIpc) is 3.10. The summed E-state index contributed by atoms with van der Waals surface area (Å²) in [5.74, 6) is 0.704. The summed E-state index contributed by atoms with van der Waals surface area (Å²) in [6.45, 7) is 2.35. The SMILES string of the molecule is Cc1cc(C2CCCN2S(=O)(=O)c2cccs2)no1. The zero-order valence-corrected chi connectivity index (χ0v) is 12.1. The molecule has 0 bridgehead atoms. The molecule has 2 aromatic rings. The Bertz CT molecular complexity index is 661. The van der Waals surface area contributed by atoms with Gasteiger partial charge in [-0.25, -0.2) is 8.42 Å². The Morgan fingerprint density at radius 2 is 2.37 bits per heavy atom. The van der Waals surface area contributed by atoms with Crippen molar-refractivity contribution in [3.63, 3.8) is 0 Å². The molecular formula is C12H14N2O3S2. The Labute approximate surface area is 115 Å². The second kappa shape index (κ2) is 4.73. The van der Waals surface area contributed by atoms with Gasteiger partial charge < -0.3 is 4.52 Å². The highest BCUT2D eigenvalue weighted by Crippen LogP contribution is 2.37. The summed E-state index contributed by atoms with van der Waals surface area (Å²) in [7, 11) is -3.41. The highest BCUT2D eigenvalue weighted by Gasteiger charge is 2.38. The molecule has 1 unspecified atom stereocenters. The molecule has 3 heterocycles. The van der Waals surface area contributed by atoms with Crippen LogP contribution in [0, 0.1) is 6.92 Å². The van der Waals surface area contributed by atoms with Gasteiger partial charge in [0.2, 0.25) is 0 Å². The van der Waals surface area contributed by atoms with Crippen molar-refractivity contribution < 1.29 is 12.9 Å². The van der Waals surface area contributed by atoms with Gasteiger partial charge in [-0.05, 0) is 31.2 Å². The van der Waals surface area contributed by atoms with Crippen LogP contribution in [0.4, 0.5) is 0 Å². The molecule has 1 aliphatic rings. The smallest absolute Gasteiger partial charge is 0.253 e. The number of hydrogen-bond donors (Lipinski definition) is 0. The highest BCUT2D eigenvalue weighted by atomic mass is 32.2. The van der Waals surface area contributed by atoms with Crippen LogP contribution in [-0.2, 0) is 10.0 Å². The van der Waals surface area contributed by atoms with Crippen LogP contribution in [0.15, 0.2) is 32.3 Å². The summed E-state index contributed by atoms with van der Waals surface area (Å²) >= 11 is 1.25. The van der Waals surface area contributed by atoms with Crippen molar-refractivity contribution in [3.8, 4) is 0 Å². The largest absolute Gasteiger partial charge is 0.361 e. The van der Waals surface area contributed by atoms with Crippen LogP contribution >= 0.6 is 11.3 Å². The predicted octanol–water partition coefficient (Wildman–Crippen LogP) is 2.57. The molecule has 0 amide bonds. The van der Waals surface area contributed by atoms with E-state index in [1.54, 1.807) is 17.5 Å². The minimum absolute atomic E-state index is 0.204. The van der Waals surface area contributed by atoms with Crippen LogP contribution in [0.2, 0.25) is 0 Å². The Kier molecular flexibility index (Phi) is 3.20. The molecular weight excluding hydrogens is 284 g/mol. The molecule has 19 heavy (non-hydrogen) atoms. The third-order valence-electron chi connectivity index (χ3n) is 3.25. The molecule has 3 rings (SSSR count). The third-order valence-corrected chi connectivity index (χ3v) is 6.53. The minimum atomic E-state index is -3.41. The Morgan fingerprint density at radius 1 is 1.53 bits per heavy atom. The van der Waals surface area contributed by atoms with E-state index in [4.69, 9.17) is 4.52 Å². The lowest BCUT2D eigenvalue weighted by Crippen LogP contribution is -2.30. The van der Waals surface area contributed by atoms with Crippen LogP contribution < -0.4 is 0 Å². The summed E-state index contributed by atoms with van der Waals surface area (Å²) < 4.78 is 32.1. The number of nitrogens with zero attached hydrogens (tertiary/aromatic N) is 2.